The van der Waals surface area contributed by atoms with Crippen LogP contribution in [0.5, 0.6) is 0 Å². The Hall–Kier alpha value is -2.08. The van der Waals surface area contributed by atoms with Crippen molar-refractivity contribution in [2.75, 3.05) is 26.7 Å². The largest absolute Gasteiger partial charge is 0.479 e. The number of fused-ring (bicyclic) bond motifs is 1. The molecular weight excluding hydrogens is 308 g/mol. The van der Waals surface area contributed by atoms with Gasteiger partial charge in [0.25, 0.3) is 0 Å². The van der Waals surface area contributed by atoms with Crippen LogP contribution in [0, 0.1) is 5.92 Å². The number of hydrogen-bond donors (Lipinski definition) is 1. The standard InChI is InChI=1S/C18H24N2O4/c1-24-16(17(21)22)14-7-9-19(10-8-14)18(23)20-11-6-13-4-2-3-5-15(13)12-20/h2-5,14,16H,6-12H2,1H3,(H,21,22). The first-order valence-electron chi connectivity index (χ1n) is 8.46. The van der Waals surface area contributed by atoms with Crippen LogP contribution in [-0.4, -0.2) is 59.8 Å². The molecule has 1 fully saturated rings. The zero-order valence-electron chi connectivity index (χ0n) is 14.0. The average Bonchev–Trinajstić information content (AvgIpc) is 2.61. The lowest BCUT2D eigenvalue weighted by atomic mass is 9.91. The molecule has 1 aromatic carbocycles. The molecule has 2 aliphatic rings. The van der Waals surface area contributed by atoms with Gasteiger partial charge in [0.05, 0.1) is 0 Å². The summed E-state index contributed by atoms with van der Waals surface area (Å²) >= 11 is 0. The van der Waals surface area contributed by atoms with Crippen molar-refractivity contribution in [3.63, 3.8) is 0 Å². The van der Waals surface area contributed by atoms with Crippen LogP contribution in [0.1, 0.15) is 24.0 Å². The van der Waals surface area contributed by atoms with Crippen LogP contribution in [0.3, 0.4) is 0 Å². The molecule has 1 atom stereocenters. The molecule has 0 aromatic heterocycles. The minimum atomic E-state index is -0.921. The lowest BCUT2D eigenvalue weighted by Crippen LogP contribution is -2.49. The number of piperidine rings is 1. The fraction of sp³-hybridized carbons (Fsp3) is 0.556. The van der Waals surface area contributed by atoms with E-state index in [1.54, 1.807) is 0 Å². The summed E-state index contributed by atoms with van der Waals surface area (Å²) in [6, 6.07) is 8.31. The number of nitrogens with zero attached hydrogens (tertiary/aromatic N) is 2. The molecule has 130 valence electrons. The number of aliphatic carboxylic acids is 1. The lowest BCUT2D eigenvalue weighted by molar-refractivity contribution is -0.153. The molecule has 1 aromatic rings. The van der Waals surface area contributed by atoms with Crippen molar-refractivity contribution in [2.45, 2.75) is 31.9 Å². The van der Waals surface area contributed by atoms with Gasteiger partial charge in [0.1, 0.15) is 0 Å². The maximum atomic E-state index is 12.7. The third kappa shape index (κ3) is 3.38. The van der Waals surface area contributed by atoms with E-state index in [1.807, 2.05) is 21.9 Å². The molecular formula is C18H24N2O4. The molecule has 2 aliphatic heterocycles. The Morgan fingerprint density at radius 1 is 1.12 bits per heavy atom. The molecule has 1 saturated heterocycles. The van der Waals surface area contributed by atoms with Crippen LogP contribution in [0.2, 0.25) is 0 Å². The Morgan fingerprint density at radius 3 is 2.42 bits per heavy atom. The molecule has 6 nitrogen and oxygen atoms in total. The zero-order valence-corrected chi connectivity index (χ0v) is 14.0. The number of rotatable bonds is 3. The van der Waals surface area contributed by atoms with Crippen LogP contribution in [0.15, 0.2) is 24.3 Å². The van der Waals surface area contributed by atoms with E-state index in [9.17, 15) is 14.7 Å². The SMILES string of the molecule is COC(C(=O)O)C1CCN(C(=O)N2CCc3ccccc3C2)CC1. The number of likely N-dealkylation sites (tertiary alicyclic amines) is 1. The van der Waals surface area contributed by atoms with E-state index in [0.29, 0.717) is 32.5 Å². The Kier molecular flexibility index (Phi) is 5.04. The fourth-order valence-corrected chi connectivity index (χ4v) is 3.75. The molecule has 2 heterocycles. The molecule has 0 radical (unpaired) electrons. The Morgan fingerprint density at radius 2 is 1.79 bits per heavy atom. The summed E-state index contributed by atoms with van der Waals surface area (Å²) in [4.78, 5) is 27.7. The molecule has 1 unspecified atom stereocenters. The quantitative estimate of drug-likeness (QED) is 0.919. The first-order chi connectivity index (χ1) is 11.6. The van der Waals surface area contributed by atoms with E-state index in [2.05, 4.69) is 12.1 Å². The van der Waals surface area contributed by atoms with Crippen molar-refractivity contribution in [1.82, 2.24) is 9.80 Å². The predicted molar refractivity (Wildman–Crippen MR) is 88.7 cm³/mol. The van der Waals surface area contributed by atoms with Gasteiger partial charge in [-0.1, -0.05) is 24.3 Å². The number of carbonyl (C=O) groups is 2. The highest BCUT2D eigenvalue weighted by molar-refractivity contribution is 5.75. The summed E-state index contributed by atoms with van der Waals surface area (Å²) in [5.41, 5.74) is 2.54. The first kappa shape index (κ1) is 16.8. The highest BCUT2D eigenvalue weighted by Gasteiger charge is 2.34. The van der Waals surface area contributed by atoms with Crippen LogP contribution >= 0.6 is 0 Å². The van der Waals surface area contributed by atoms with Gasteiger partial charge < -0.3 is 19.6 Å². The highest BCUT2D eigenvalue weighted by atomic mass is 16.5. The second-order valence-electron chi connectivity index (χ2n) is 6.54. The van der Waals surface area contributed by atoms with Gasteiger partial charge in [-0.25, -0.2) is 9.59 Å². The van der Waals surface area contributed by atoms with Crippen LogP contribution in [-0.2, 0) is 22.5 Å². The van der Waals surface area contributed by atoms with Crippen LogP contribution in [0.4, 0.5) is 4.79 Å². The predicted octanol–water partition coefficient (Wildman–Crippen LogP) is 1.98. The molecule has 0 spiro atoms. The lowest BCUT2D eigenvalue weighted by Gasteiger charge is -2.38. The number of methoxy groups -OCH3 is 1. The number of carboxylic acids is 1. The summed E-state index contributed by atoms with van der Waals surface area (Å²) in [5, 5.41) is 9.18. The maximum Gasteiger partial charge on any atom is 0.333 e. The summed E-state index contributed by atoms with van der Waals surface area (Å²) in [6.45, 7) is 2.58. The number of carbonyl (C=O) groups excluding carboxylic acids is 1. The number of urea groups is 1. The fourth-order valence-electron chi connectivity index (χ4n) is 3.75. The zero-order chi connectivity index (χ0) is 17.1. The summed E-state index contributed by atoms with van der Waals surface area (Å²) in [7, 11) is 1.43. The molecule has 0 saturated carbocycles. The third-order valence-corrected chi connectivity index (χ3v) is 5.14. The van der Waals surface area contributed by atoms with Crippen LogP contribution < -0.4 is 0 Å². The smallest absolute Gasteiger partial charge is 0.333 e. The van der Waals surface area contributed by atoms with Gasteiger partial charge in [0, 0.05) is 33.3 Å². The van der Waals surface area contributed by atoms with Gasteiger partial charge in [0.15, 0.2) is 6.10 Å². The van der Waals surface area contributed by atoms with Gasteiger partial charge in [-0.3, -0.25) is 0 Å². The van der Waals surface area contributed by atoms with Gasteiger partial charge in [-0.15, -0.1) is 0 Å². The minimum Gasteiger partial charge on any atom is -0.479 e. The minimum absolute atomic E-state index is 0.0290. The molecule has 3 rings (SSSR count). The number of hydrogen-bond acceptors (Lipinski definition) is 3. The third-order valence-electron chi connectivity index (χ3n) is 5.14. The second-order valence-corrected chi connectivity index (χ2v) is 6.54. The summed E-state index contributed by atoms with van der Waals surface area (Å²) in [5.74, 6) is -0.950. The van der Waals surface area contributed by atoms with Crippen molar-refractivity contribution < 1.29 is 19.4 Å². The molecule has 2 amide bonds. The molecule has 1 N–H and O–H groups in total. The average molecular weight is 332 g/mol. The molecule has 24 heavy (non-hydrogen) atoms. The summed E-state index contributed by atoms with van der Waals surface area (Å²) < 4.78 is 5.09. The first-order valence-corrected chi connectivity index (χ1v) is 8.46. The number of carboxylic acid groups (broad SMARTS) is 1. The van der Waals surface area contributed by atoms with Gasteiger partial charge in [-0.05, 0) is 36.3 Å². The molecule has 0 bridgehead atoms. The van der Waals surface area contributed by atoms with Gasteiger partial charge in [-0.2, -0.15) is 0 Å². The second kappa shape index (κ2) is 7.21. The van der Waals surface area contributed by atoms with Crippen molar-refractivity contribution in [2.24, 2.45) is 5.92 Å². The van der Waals surface area contributed by atoms with Gasteiger partial charge >= 0.3 is 12.0 Å². The van der Waals surface area contributed by atoms with Crippen molar-refractivity contribution in [3.05, 3.63) is 35.4 Å². The van der Waals surface area contributed by atoms with Gasteiger partial charge in [0.2, 0.25) is 0 Å². The number of ether oxygens (including phenoxy) is 1. The monoisotopic (exact) mass is 332 g/mol. The highest BCUT2D eigenvalue weighted by Crippen LogP contribution is 2.25. The Bertz CT molecular complexity index is 611. The van der Waals surface area contributed by atoms with Crippen LogP contribution in [0.25, 0.3) is 0 Å². The van der Waals surface area contributed by atoms with E-state index in [-0.39, 0.29) is 11.9 Å². The molecule has 6 heteroatoms. The van der Waals surface area contributed by atoms with E-state index in [0.717, 1.165) is 13.0 Å². The van der Waals surface area contributed by atoms with Crippen molar-refractivity contribution in [3.8, 4) is 0 Å². The Labute approximate surface area is 142 Å². The Balaban J connectivity index is 1.57. The maximum absolute atomic E-state index is 12.7. The normalized spacial score (nSPS) is 19.7. The number of amides is 2. The van der Waals surface area contributed by atoms with E-state index in [1.165, 1.54) is 18.2 Å². The van der Waals surface area contributed by atoms with E-state index in [4.69, 9.17) is 4.74 Å². The van der Waals surface area contributed by atoms with Crippen molar-refractivity contribution in [1.29, 1.82) is 0 Å². The molecule has 0 aliphatic carbocycles. The van der Waals surface area contributed by atoms with E-state index < -0.39 is 12.1 Å². The number of benzene rings is 1. The van der Waals surface area contributed by atoms with Crippen molar-refractivity contribution >= 4 is 12.0 Å². The topological polar surface area (TPSA) is 70.1 Å². The summed E-state index contributed by atoms with van der Waals surface area (Å²) in [6.07, 6.45) is 1.45. The van der Waals surface area contributed by atoms with E-state index >= 15 is 0 Å².